The minimum Gasteiger partial charge on any atom is -0.382 e. The standard InChI is InChI=1S/C14H28O7/c1-14(15)13-21-12-11-20-10-9-19-8-7-18-6-5-17-4-3-16-2/h3-13H2,1-2H3. The summed E-state index contributed by atoms with van der Waals surface area (Å²) in [5.74, 6) is 0.0161. The number of methoxy groups -OCH3 is 1. The second-order valence-corrected chi connectivity index (χ2v) is 4.20. The largest absolute Gasteiger partial charge is 0.382 e. The number of hydrogen-bond acceptors (Lipinski definition) is 7. The summed E-state index contributed by atoms with van der Waals surface area (Å²) in [6.07, 6.45) is 0. The van der Waals surface area contributed by atoms with Gasteiger partial charge in [-0.1, -0.05) is 0 Å². The molecule has 0 aliphatic carbocycles. The summed E-state index contributed by atoms with van der Waals surface area (Å²) in [4.78, 5) is 10.6. The van der Waals surface area contributed by atoms with Crippen molar-refractivity contribution in [2.75, 3.05) is 79.8 Å². The van der Waals surface area contributed by atoms with Crippen LogP contribution in [0.25, 0.3) is 0 Å². The average molecular weight is 308 g/mol. The van der Waals surface area contributed by atoms with Gasteiger partial charge in [0.15, 0.2) is 5.78 Å². The Hall–Kier alpha value is -0.570. The number of rotatable bonds is 17. The molecule has 0 bridgehead atoms. The molecule has 0 atom stereocenters. The number of carbonyl (C=O) groups excluding carboxylic acids is 1. The maximum absolute atomic E-state index is 10.6. The van der Waals surface area contributed by atoms with Crippen molar-refractivity contribution < 1.29 is 33.2 Å². The molecule has 0 unspecified atom stereocenters. The normalized spacial score (nSPS) is 11.0. The molecule has 0 rings (SSSR count). The van der Waals surface area contributed by atoms with Crippen molar-refractivity contribution in [3.8, 4) is 0 Å². The molecule has 21 heavy (non-hydrogen) atoms. The summed E-state index contributed by atoms with van der Waals surface area (Å²) in [6.45, 7) is 6.91. The van der Waals surface area contributed by atoms with E-state index in [-0.39, 0.29) is 12.4 Å². The van der Waals surface area contributed by atoms with Crippen LogP contribution in [-0.2, 0) is 33.2 Å². The fourth-order valence-corrected chi connectivity index (χ4v) is 1.24. The molecule has 0 radical (unpaired) electrons. The second-order valence-electron chi connectivity index (χ2n) is 4.20. The van der Waals surface area contributed by atoms with Crippen LogP contribution < -0.4 is 0 Å². The second kappa shape index (κ2) is 17.5. The molecule has 0 aliphatic heterocycles. The van der Waals surface area contributed by atoms with Gasteiger partial charge in [0.25, 0.3) is 0 Å². The summed E-state index contributed by atoms with van der Waals surface area (Å²) in [5.41, 5.74) is 0. The molecule has 0 aromatic heterocycles. The predicted molar refractivity (Wildman–Crippen MR) is 76.7 cm³/mol. The number of Topliss-reactive ketones (excluding diaryl/α,β-unsaturated/α-hetero) is 1. The SMILES string of the molecule is COCCOCCOCCOCCOCCOCC(C)=O. The summed E-state index contributed by atoms with van der Waals surface area (Å²) in [7, 11) is 1.64. The first kappa shape index (κ1) is 20.4. The van der Waals surface area contributed by atoms with E-state index in [2.05, 4.69) is 0 Å². The Labute approximate surface area is 126 Å². The highest BCUT2D eigenvalue weighted by molar-refractivity contribution is 5.76. The minimum absolute atomic E-state index is 0.0161. The van der Waals surface area contributed by atoms with Crippen molar-refractivity contribution in [1.82, 2.24) is 0 Å². The van der Waals surface area contributed by atoms with E-state index < -0.39 is 0 Å². The van der Waals surface area contributed by atoms with Crippen molar-refractivity contribution in [3.63, 3.8) is 0 Å². The number of carbonyl (C=O) groups is 1. The monoisotopic (exact) mass is 308 g/mol. The Morgan fingerprint density at radius 2 is 0.952 bits per heavy atom. The Balaban J connectivity index is 2.95. The smallest absolute Gasteiger partial charge is 0.155 e. The maximum atomic E-state index is 10.6. The predicted octanol–water partition coefficient (Wildman–Crippen LogP) is 0.305. The molecule has 0 amide bonds. The van der Waals surface area contributed by atoms with E-state index in [0.717, 1.165) is 0 Å². The molecule has 0 saturated carbocycles. The topological polar surface area (TPSA) is 72.5 Å². The van der Waals surface area contributed by atoms with Crippen molar-refractivity contribution in [2.45, 2.75) is 6.92 Å². The van der Waals surface area contributed by atoms with Crippen LogP contribution >= 0.6 is 0 Å². The third-order valence-corrected chi connectivity index (χ3v) is 2.23. The average Bonchev–Trinajstić information content (AvgIpc) is 2.46. The van der Waals surface area contributed by atoms with Crippen LogP contribution in [0.15, 0.2) is 0 Å². The highest BCUT2D eigenvalue weighted by Gasteiger charge is 1.94. The first-order valence-electron chi connectivity index (χ1n) is 7.14. The van der Waals surface area contributed by atoms with Gasteiger partial charge >= 0.3 is 0 Å². The molecule has 0 N–H and O–H groups in total. The van der Waals surface area contributed by atoms with E-state index in [0.29, 0.717) is 66.1 Å². The first-order valence-corrected chi connectivity index (χ1v) is 7.14. The third-order valence-electron chi connectivity index (χ3n) is 2.23. The van der Waals surface area contributed by atoms with Crippen LogP contribution in [-0.4, -0.2) is 85.6 Å². The molecule has 0 aromatic rings. The van der Waals surface area contributed by atoms with Crippen molar-refractivity contribution in [2.24, 2.45) is 0 Å². The zero-order chi connectivity index (χ0) is 15.6. The zero-order valence-electron chi connectivity index (χ0n) is 13.1. The third kappa shape index (κ3) is 19.4. The number of ether oxygens (including phenoxy) is 6. The lowest BCUT2D eigenvalue weighted by Gasteiger charge is -2.07. The maximum Gasteiger partial charge on any atom is 0.155 e. The zero-order valence-corrected chi connectivity index (χ0v) is 13.1. The van der Waals surface area contributed by atoms with Gasteiger partial charge in [0.05, 0.1) is 66.1 Å². The van der Waals surface area contributed by atoms with Gasteiger partial charge in [0.2, 0.25) is 0 Å². The van der Waals surface area contributed by atoms with Gasteiger partial charge in [-0.3, -0.25) is 4.79 Å². The molecule has 7 heteroatoms. The number of hydrogen-bond donors (Lipinski definition) is 0. The molecule has 0 aliphatic rings. The quantitative estimate of drug-likeness (QED) is 0.358. The molecule has 7 nitrogen and oxygen atoms in total. The molecular weight excluding hydrogens is 280 g/mol. The lowest BCUT2D eigenvalue weighted by Crippen LogP contribution is -2.14. The first-order chi connectivity index (χ1) is 10.3. The molecular formula is C14H28O7. The van der Waals surface area contributed by atoms with Gasteiger partial charge in [-0.05, 0) is 6.92 Å². The Kier molecular flexibility index (Phi) is 17.0. The Bertz CT molecular complexity index is 223. The molecule has 0 saturated heterocycles. The highest BCUT2D eigenvalue weighted by Crippen LogP contribution is 1.84. The van der Waals surface area contributed by atoms with Crippen LogP contribution in [0.4, 0.5) is 0 Å². The van der Waals surface area contributed by atoms with Crippen LogP contribution in [0.1, 0.15) is 6.92 Å². The summed E-state index contributed by atoms with van der Waals surface area (Å²) in [5, 5.41) is 0. The summed E-state index contributed by atoms with van der Waals surface area (Å²) < 4.78 is 31.0. The molecule has 0 fully saturated rings. The highest BCUT2D eigenvalue weighted by atomic mass is 16.6. The van der Waals surface area contributed by atoms with Gasteiger partial charge in [-0.15, -0.1) is 0 Å². The van der Waals surface area contributed by atoms with Gasteiger partial charge in [0, 0.05) is 7.11 Å². The van der Waals surface area contributed by atoms with Gasteiger partial charge in [-0.2, -0.15) is 0 Å². The molecule has 0 heterocycles. The van der Waals surface area contributed by atoms with E-state index in [1.807, 2.05) is 0 Å². The van der Waals surface area contributed by atoms with E-state index in [9.17, 15) is 4.79 Å². The van der Waals surface area contributed by atoms with E-state index in [1.54, 1.807) is 7.11 Å². The van der Waals surface area contributed by atoms with Crippen molar-refractivity contribution >= 4 is 5.78 Å². The van der Waals surface area contributed by atoms with Crippen molar-refractivity contribution in [1.29, 1.82) is 0 Å². The van der Waals surface area contributed by atoms with Crippen LogP contribution in [0.5, 0.6) is 0 Å². The van der Waals surface area contributed by atoms with Crippen LogP contribution in [0, 0.1) is 0 Å². The Morgan fingerprint density at radius 3 is 1.29 bits per heavy atom. The van der Waals surface area contributed by atoms with Gasteiger partial charge in [0.1, 0.15) is 6.61 Å². The Morgan fingerprint density at radius 1 is 0.619 bits per heavy atom. The molecule has 0 spiro atoms. The van der Waals surface area contributed by atoms with Crippen LogP contribution in [0.3, 0.4) is 0 Å². The number of ketones is 1. The lowest BCUT2D eigenvalue weighted by molar-refractivity contribution is -0.122. The molecule has 0 aromatic carbocycles. The van der Waals surface area contributed by atoms with E-state index in [4.69, 9.17) is 28.4 Å². The minimum atomic E-state index is 0.0161. The van der Waals surface area contributed by atoms with E-state index >= 15 is 0 Å². The summed E-state index contributed by atoms with van der Waals surface area (Å²) >= 11 is 0. The fraction of sp³-hybridized carbons (Fsp3) is 0.929. The van der Waals surface area contributed by atoms with Gasteiger partial charge in [-0.25, -0.2) is 0 Å². The summed E-state index contributed by atoms with van der Waals surface area (Å²) in [6, 6.07) is 0. The van der Waals surface area contributed by atoms with Crippen LogP contribution in [0.2, 0.25) is 0 Å². The van der Waals surface area contributed by atoms with E-state index in [1.165, 1.54) is 6.92 Å². The lowest BCUT2D eigenvalue weighted by atomic mass is 10.5. The molecule has 126 valence electrons. The van der Waals surface area contributed by atoms with Crippen molar-refractivity contribution in [3.05, 3.63) is 0 Å². The van der Waals surface area contributed by atoms with Gasteiger partial charge < -0.3 is 28.4 Å². The fourth-order valence-electron chi connectivity index (χ4n) is 1.24.